The summed E-state index contributed by atoms with van der Waals surface area (Å²) in [4.78, 5) is 12.3. The number of carbonyl (C=O) groups excluding carboxylic acids is 1. The van der Waals surface area contributed by atoms with Gasteiger partial charge in [-0.3, -0.25) is 4.79 Å². The number of hydrogen-bond acceptors (Lipinski definition) is 3. The van der Waals surface area contributed by atoms with Gasteiger partial charge < -0.3 is 16.3 Å². The Hall–Kier alpha value is -2.18. The van der Waals surface area contributed by atoms with E-state index in [-0.39, 0.29) is 24.4 Å². The van der Waals surface area contributed by atoms with Gasteiger partial charge in [0.25, 0.3) is 0 Å². The SMILES string of the molecule is CCC(CC)(C(=O)Nc1cc(F)ccc1F)C(N)=NO. The molecule has 7 heteroatoms. The van der Waals surface area contributed by atoms with Crippen LogP contribution in [0, 0.1) is 17.0 Å². The van der Waals surface area contributed by atoms with Crippen LogP contribution in [0.4, 0.5) is 14.5 Å². The molecule has 0 radical (unpaired) electrons. The molecular formula is C13H17F2N3O2. The molecule has 0 aliphatic rings. The van der Waals surface area contributed by atoms with Crippen LogP contribution < -0.4 is 11.1 Å². The second kappa shape index (κ2) is 6.31. The van der Waals surface area contributed by atoms with Gasteiger partial charge in [-0.05, 0) is 25.0 Å². The fraction of sp³-hybridized carbons (Fsp3) is 0.385. The molecule has 1 amide bonds. The van der Waals surface area contributed by atoms with Gasteiger partial charge in [-0.25, -0.2) is 8.78 Å². The topological polar surface area (TPSA) is 87.7 Å². The highest BCUT2D eigenvalue weighted by atomic mass is 19.1. The summed E-state index contributed by atoms with van der Waals surface area (Å²) in [5, 5.41) is 13.9. The van der Waals surface area contributed by atoms with Gasteiger partial charge in [0.05, 0.1) is 5.69 Å². The number of nitrogens with one attached hydrogen (secondary N) is 1. The zero-order valence-corrected chi connectivity index (χ0v) is 11.3. The number of nitrogens with two attached hydrogens (primary N) is 1. The van der Waals surface area contributed by atoms with E-state index in [0.717, 1.165) is 18.2 Å². The lowest BCUT2D eigenvalue weighted by atomic mass is 9.80. The summed E-state index contributed by atoms with van der Waals surface area (Å²) in [7, 11) is 0. The van der Waals surface area contributed by atoms with E-state index in [1.54, 1.807) is 13.8 Å². The van der Waals surface area contributed by atoms with Crippen LogP contribution in [-0.4, -0.2) is 17.0 Å². The van der Waals surface area contributed by atoms with Crippen molar-refractivity contribution in [3.63, 3.8) is 0 Å². The Morgan fingerprint density at radius 3 is 2.50 bits per heavy atom. The number of amidine groups is 1. The number of nitrogens with zero attached hydrogens (tertiary/aromatic N) is 1. The monoisotopic (exact) mass is 285 g/mol. The van der Waals surface area contributed by atoms with Crippen LogP contribution in [0.5, 0.6) is 0 Å². The Morgan fingerprint density at radius 2 is 2.00 bits per heavy atom. The van der Waals surface area contributed by atoms with Crippen molar-refractivity contribution in [3.05, 3.63) is 29.8 Å². The van der Waals surface area contributed by atoms with Crippen molar-refractivity contribution in [2.24, 2.45) is 16.3 Å². The second-order valence-corrected chi connectivity index (χ2v) is 4.35. The van der Waals surface area contributed by atoms with E-state index in [2.05, 4.69) is 10.5 Å². The van der Waals surface area contributed by atoms with Crippen LogP contribution in [-0.2, 0) is 4.79 Å². The third-order valence-electron chi connectivity index (χ3n) is 3.42. The number of halogens is 2. The van der Waals surface area contributed by atoms with Crippen molar-refractivity contribution in [2.45, 2.75) is 26.7 Å². The van der Waals surface area contributed by atoms with Gasteiger partial charge in [0.15, 0.2) is 5.84 Å². The highest BCUT2D eigenvalue weighted by Crippen LogP contribution is 2.29. The lowest BCUT2D eigenvalue weighted by molar-refractivity contribution is -0.122. The number of rotatable bonds is 5. The third-order valence-corrected chi connectivity index (χ3v) is 3.42. The Kier molecular flexibility index (Phi) is 5.01. The number of hydrogen-bond donors (Lipinski definition) is 3. The van der Waals surface area contributed by atoms with Gasteiger partial charge in [0.1, 0.15) is 17.0 Å². The highest BCUT2D eigenvalue weighted by Gasteiger charge is 2.40. The molecule has 0 spiro atoms. The quantitative estimate of drug-likeness (QED) is 0.336. The summed E-state index contributed by atoms with van der Waals surface area (Å²) in [6, 6.07) is 2.73. The van der Waals surface area contributed by atoms with Crippen LogP contribution in [0.3, 0.4) is 0 Å². The predicted molar refractivity (Wildman–Crippen MR) is 71.4 cm³/mol. The maximum absolute atomic E-state index is 13.5. The largest absolute Gasteiger partial charge is 0.409 e. The Morgan fingerprint density at radius 1 is 1.40 bits per heavy atom. The number of anilines is 1. The first-order valence-corrected chi connectivity index (χ1v) is 6.15. The van der Waals surface area contributed by atoms with E-state index in [0.29, 0.717) is 0 Å². The molecule has 0 unspecified atom stereocenters. The van der Waals surface area contributed by atoms with Crippen LogP contribution in [0.1, 0.15) is 26.7 Å². The number of amides is 1. The van der Waals surface area contributed by atoms with Crippen molar-refractivity contribution in [2.75, 3.05) is 5.32 Å². The zero-order valence-electron chi connectivity index (χ0n) is 11.3. The van der Waals surface area contributed by atoms with Crippen molar-refractivity contribution in [1.29, 1.82) is 0 Å². The first-order valence-electron chi connectivity index (χ1n) is 6.15. The van der Waals surface area contributed by atoms with Gasteiger partial charge in [0.2, 0.25) is 5.91 Å². The molecule has 1 aromatic rings. The van der Waals surface area contributed by atoms with Crippen molar-refractivity contribution >= 4 is 17.4 Å². The van der Waals surface area contributed by atoms with Gasteiger partial charge in [-0.15, -0.1) is 0 Å². The molecular weight excluding hydrogens is 268 g/mol. The normalized spacial score (nSPS) is 12.3. The molecule has 0 saturated carbocycles. The second-order valence-electron chi connectivity index (χ2n) is 4.35. The average molecular weight is 285 g/mol. The fourth-order valence-corrected chi connectivity index (χ4v) is 1.98. The van der Waals surface area contributed by atoms with Crippen molar-refractivity contribution in [1.82, 2.24) is 0 Å². The Bertz CT molecular complexity index is 528. The number of benzene rings is 1. The minimum atomic E-state index is -1.27. The summed E-state index contributed by atoms with van der Waals surface area (Å²) in [6.07, 6.45) is 0.504. The van der Waals surface area contributed by atoms with Gasteiger partial charge in [0, 0.05) is 6.07 Å². The number of carbonyl (C=O) groups is 1. The average Bonchev–Trinajstić information content (AvgIpc) is 2.44. The third kappa shape index (κ3) is 2.87. The molecule has 0 heterocycles. The maximum Gasteiger partial charge on any atom is 0.238 e. The van der Waals surface area contributed by atoms with E-state index < -0.39 is 23.0 Å². The summed E-state index contributed by atoms with van der Waals surface area (Å²) >= 11 is 0. The smallest absolute Gasteiger partial charge is 0.238 e. The fourth-order valence-electron chi connectivity index (χ4n) is 1.98. The first kappa shape index (κ1) is 15.9. The Balaban J connectivity index is 3.12. The summed E-state index contributed by atoms with van der Waals surface area (Å²) in [5.41, 5.74) is 4.01. The molecule has 20 heavy (non-hydrogen) atoms. The number of oxime groups is 1. The standard InChI is InChI=1S/C13H17F2N3O2/c1-3-13(4-2,11(16)18-20)12(19)17-10-7-8(14)5-6-9(10)15/h5-7,20H,3-4H2,1-2H3,(H2,16,18)(H,17,19). The molecule has 0 aliphatic heterocycles. The van der Waals surface area contributed by atoms with E-state index in [4.69, 9.17) is 10.9 Å². The van der Waals surface area contributed by atoms with Crippen LogP contribution in [0.2, 0.25) is 0 Å². The summed E-state index contributed by atoms with van der Waals surface area (Å²) in [5.74, 6) is -2.36. The molecule has 110 valence electrons. The molecule has 4 N–H and O–H groups in total. The highest BCUT2D eigenvalue weighted by molar-refractivity contribution is 6.11. The zero-order chi connectivity index (χ0) is 15.3. The summed E-state index contributed by atoms with van der Waals surface area (Å²) < 4.78 is 26.6. The minimum Gasteiger partial charge on any atom is -0.409 e. The lowest BCUT2D eigenvalue weighted by Crippen LogP contribution is -2.46. The van der Waals surface area contributed by atoms with E-state index in [1.807, 2.05) is 0 Å². The predicted octanol–water partition coefficient (Wildman–Crippen LogP) is 2.46. The van der Waals surface area contributed by atoms with Gasteiger partial charge >= 0.3 is 0 Å². The molecule has 1 rings (SSSR count). The molecule has 1 aromatic carbocycles. The molecule has 0 aliphatic carbocycles. The lowest BCUT2D eigenvalue weighted by Gasteiger charge is -2.28. The molecule has 0 fully saturated rings. The first-order chi connectivity index (χ1) is 9.41. The van der Waals surface area contributed by atoms with E-state index in [9.17, 15) is 13.6 Å². The van der Waals surface area contributed by atoms with Crippen LogP contribution >= 0.6 is 0 Å². The molecule has 0 bridgehead atoms. The Labute approximate surface area is 115 Å². The molecule has 0 atom stereocenters. The van der Waals surface area contributed by atoms with Gasteiger partial charge in [-0.1, -0.05) is 19.0 Å². The molecule has 0 saturated heterocycles. The minimum absolute atomic E-state index is 0.252. The summed E-state index contributed by atoms with van der Waals surface area (Å²) in [6.45, 7) is 3.37. The maximum atomic E-state index is 13.5. The van der Waals surface area contributed by atoms with Crippen LogP contribution in [0.15, 0.2) is 23.4 Å². The van der Waals surface area contributed by atoms with Gasteiger partial charge in [-0.2, -0.15) is 0 Å². The van der Waals surface area contributed by atoms with E-state index in [1.165, 1.54) is 0 Å². The van der Waals surface area contributed by atoms with Crippen molar-refractivity contribution < 1.29 is 18.8 Å². The van der Waals surface area contributed by atoms with Crippen molar-refractivity contribution in [3.8, 4) is 0 Å². The van der Waals surface area contributed by atoms with E-state index >= 15 is 0 Å². The van der Waals surface area contributed by atoms with Crippen LogP contribution in [0.25, 0.3) is 0 Å². The molecule has 0 aromatic heterocycles. The molecule has 5 nitrogen and oxygen atoms in total.